The van der Waals surface area contributed by atoms with Gasteiger partial charge in [-0.05, 0) is 35.7 Å². The van der Waals surface area contributed by atoms with E-state index in [1.807, 2.05) is 4.90 Å². The van der Waals surface area contributed by atoms with Crippen molar-refractivity contribution in [3.8, 4) is 0 Å². The van der Waals surface area contributed by atoms with Crippen LogP contribution in [-0.2, 0) is 6.42 Å². The second-order valence-electron chi connectivity index (χ2n) is 7.22. The van der Waals surface area contributed by atoms with Gasteiger partial charge in [-0.2, -0.15) is 0 Å². The van der Waals surface area contributed by atoms with Gasteiger partial charge >= 0.3 is 0 Å². The van der Waals surface area contributed by atoms with Crippen molar-refractivity contribution in [2.75, 3.05) is 19.7 Å². The number of aliphatic hydroxyl groups excluding tert-OH is 1. The molecular formula is C15H23N3O2S. The zero-order valence-electron chi connectivity index (χ0n) is 12.9. The average molecular weight is 309 g/mol. The first kappa shape index (κ1) is 14.9. The smallest absolute Gasteiger partial charge is 0.267 e. The van der Waals surface area contributed by atoms with Gasteiger partial charge in [-0.1, -0.05) is 31.7 Å². The van der Waals surface area contributed by atoms with E-state index in [9.17, 15) is 9.90 Å². The number of aryl methyl sites for hydroxylation is 1. The summed E-state index contributed by atoms with van der Waals surface area (Å²) in [5, 5.41) is 13.9. The largest absolute Gasteiger partial charge is 0.396 e. The fourth-order valence-corrected chi connectivity index (χ4v) is 5.09. The van der Waals surface area contributed by atoms with E-state index in [0.717, 1.165) is 31.5 Å². The van der Waals surface area contributed by atoms with Crippen molar-refractivity contribution in [3.63, 3.8) is 0 Å². The van der Waals surface area contributed by atoms with Crippen molar-refractivity contribution in [1.82, 2.24) is 14.5 Å². The molecule has 0 unspecified atom stereocenters. The highest BCUT2D eigenvalue weighted by Gasteiger charge is 2.63. The molecule has 116 valence electrons. The predicted molar refractivity (Wildman–Crippen MR) is 81.2 cm³/mol. The van der Waals surface area contributed by atoms with E-state index in [-0.39, 0.29) is 23.3 Å². The lowest BCUT2D eigenvalue weighted by Gasteiger charge is -2.55. The Labute approximate surface area is 129 Å². The van der Waals surface area contributed by atoms with Gasteiger partial charge in [0.15, 0.2) is 0 Å². The molecule has 1 aliphatic heterocycles. The van der Waals surface area contributed by atoms with Crippen LogP contribution in [0.1, 0.15) is 49.0 Å². The summed E-state index contributed by atoms with van der Waals surface area (Å²) in [5.74, 6) is 0.445. The number of nitrogens with zero attached hydrogens (tertiary/aromatic N) is 3. The van der Waals surface area contributed by atoms with Crippen molar-refractivity contribution in [3.05, 3.63) is 10.6 Å². The second-order valence-corrected chi connectivity index (χ2v) is 7.98. The van der Waals surface area contributed by atoms with Gasteiger partial charge in [0, 0.05) is 18.5 Å². The van der Waals surface area contributed by atoms with Crippen LogP contribution in [0.2, 0.25) is 0 Å². The van der Waals surface area contributed by atoms with Crippen molar-refractivity contribution >= 4 is 17.4 Å². The monoisotopic (exact) mass is 309 g/mol. The maximum atomic E-state index is 12.8. The van der Waals surface area contributed by atoms with Gasteiger partial charge in [0.2, 0.25) is 0 Å². The highest BCUT2D eigenvalue weighted by Crippen LogP contribution is 2.62. The number of amides is 1. The van der Waals surface area contributed by atoms with E-state index in [1.165, 1.54) is 11.5 Å². The zero-order valence-corrected chi connectivity index (χ0v) is 13.7. The van der Waals surface area contributed by atoms with Crippen molar-refractivity contribution in [1.29, 1.82) is 0 Å². The summed E-state index contributed by atoms with van der Waals surface area (Å²) in [5.41, 5.74) is 0.960. The quantitative estimate of drug-likeness (QED) is 0.923. The molecule has 3 rings (SSSR count). The van der Waals surface area contributed by atoms with Gasteiger partial charge in [-0.15, -0.1) is 5.10 Å². The number of rotatable bonds is 4. The first-order chi connectivity index (χ1) is 9.93. The van der Waals surface area contributed by atoms with Crippen LogP contribution in [0.25, 0.3) is 0 Å². The molecule has 1 aromatic rings. The molecule has 5 nitrogen and oxygen atoms in total. The lowest BCUT2D eigenvalue weighted by atomic mass is 9.48. The average Bonchev–Trinajstić information content (AvgIpc) is 3.01. The Kier molecular flexibility index (Phi) is 3.56. The molecule has 0 aromatic carbocycles. The molecule has 0 bridgehead atoms. The highest BCUT2D eigenvalue weighted by molar-refractivity contribution is 7.08. The van der Waals surface area contributed by atoms with Gasteiger partial charge in [0.1, 0.15) is 4.88 Å². The first-order valence-corrected chi connectivity index (χ1v) is 8.42. The van der Waals surface area contributed by atoms with Crippen LogP contribution >= 0.6 is 11.5 Å². The van der Waals surface area contributed by atoms with Crippen LogP contribution < -0.4 is 0 Å². The van der Waals surface area contributed by atoms with E-state index in [0.29, 0.717) is 17.3 Å². The Morgan fingerprint density at radius 2 is 2.29 bits per heavy atom. The van der Waals surface area contributed by atoms with Gasteiger partial charge in [0.05, 0.1) is 12.3 Å². The summed E-state index contributed by atoms with van der Waals surface area (Å²) in [4.78, 5) is 15.4. The fourth-order valence-electron chi connectivity index (χ4n) is 4.41. The molecule has 2 atom stereocenters. The number of hydrogen-bond donors (Lipinski definition) is 1. The predicted octanol–water partition coefficient (Wildman–Crippen LogP) is 1.97. The summed E-state index contributed by atoms with van der Waals surface area (Å²) in [6, 6.07) is 0. The third-order valence-electron chi connectivity index (χ3n) is 5.24. The van der Waals surface area contributed by atoms with Crippen molar-refractivity contribution in [2.24, 2.45) is 16.7 Å². The molecule has 1 saturated heterocycles. The summed E-state index contributed by atoms with van der Waals surface area (Å²) in [6.07, 6.45) is 2.75. The fraction of sp³-hybridized carbons (Fsp3) is 0.800. The third-order valence-corrected chi connectivity index (χ3v) is 5.99. The molecule has 2 aliphatic rings. The normalized spacial score (nSPS) is 30.1. The van der Waals surface area contributed by atoms with Gasteiger partial charge in [0.25, 0.3) is 5.91 Å². The molecule has 1 aliphatic carbocycles. The maximum Gasteiger partial charge on any atom is 0.267 e. The number of fused-ring (bicyclic) bond motifs is 1. The molecule has 2 fully saturated rings. The minimum atomic E-state index is -0.0812. The lowest BCUT2D eigenvalue weighted by Crippen LogP contribution is -2.54. The molecule has 0 spiro atoms. The molecule has 6 heteroatoms. The molecular weight excluding hydrogens is 286 g/mol. The van der Waals surface area contributed by atoms with E-state index < -0.39 is 0 Å². The SMILES string of the molecule is CCCc1nnsc1C(=O)N1C[C@@H]2C(C)(C)C[C@]2(CO)C1. The summed E-state index contributed by atoms with van der Waals surface area (Å²) in [6.45, 7) is 8.13. The van der Waals surface area contributed by atoms with Crippen molar-refractivity contribution < 1.29 is 9.90 Å². The summed E-state index contributed by atoms with van der Waals surface area (Å²) < 4.78 is 3.95. The Hall–Kier alpha value is -1.01. The Balaban J connectivity index is 1.80. The number of likely N-dealkylation sites (tertiary alicyclic amines) is 1. The van der Waals surface area contributed by atoms with Crippen LogP contribution in [0.4, 0.5) is 0 Å². The minimum Gasteiger partial charge on any atom is -0.396 e. The van der Waals surface area contributed by atoms with E-state index in [1.54, 1.807) is 0 Å². The number of aliphatic hydroxyl groups is 1. The van der Waals surface area contributed by atoms with Crippen LogP contribution in [0.5, 0.6) is 0 Å². The molecule has 1 saturated carbocycles. The van der Waals surface area contributed by atoms with Gasteiger partial charge in [-0.3, -0.25) is 4.79 Å². The van der Waals surface area contributed by atoms with Gasteiger partial charge < -0.3 is 10.0 Å². The Bertz CT molecular complexity index is 557. The van der Waals surface area contributed by atoms with Crippen LogP contribution in [0, 0.1) is 16.7 Å². The maximum absolute atomic E-state index is 12.8. The van der Waals surface area contributed by atoms with E-state index in [4.69, 9.17) is 0 Å². The molecule has 21 heavy (non-hydrogen) atoms. The van der Waals surface area contributed by atoms with Crippen molar-refractivity contribution in [2.45, 2.75) is 40.0 Å². The number of aromatic nitrogens is 2. The van der Waals surface area contributed by atoms with Gasteiger partial charge in [-0.25, -0.2) is 0 Å². The van der Waals surface area contributed by atoms with E-state index in [2.05, 4.69) is 30.4 Å². The number of carbonyl (C=O) groups excluding carboxylic acids is 1. The summed E-state index contributed by atoms with van der Waals surface area (Å²) in [7, 11) is 0. The van der Waals surface area contributed by atoms with Crippen LogP contribution in [0.15, 0.2) is 0 Å². The minimum absolute atomic E-state index is 0.0477. The molecule has 1 aromatic heterocycles. The Morgan fingerprint density at radius 3 is 2.86 bits per heavy atom. The number of carbonyl (C=O) groups is 1. The third kappa shape index (κ3) is 2.19. The Morgan fingerprint density at radius 1 is 1.52 bits per heavy atom. The first-order valence-electron chi connectivity index (χ1n) is 7.65. The lowest BCUT2D eigenvalue weighted by molar-refractivity contribution is -0.0976. The van der Waals surface area contributed by atoms with Crippen LogP contribution in [-0.4, -0.2) is 45.2 Å². The van der Waals surface area contributed by atoms with Crippen LogP contribution in [0.3, 0.4) is 0 Å². The highest BCUT2D eigenvalue weighted by atomic mass is 32.1. The summed E-state index contributed by atoms with van der Waals surface area (Å²) >= 11 is 1.20. The molecule has 1 amide bonds. The molecule has 2 heterocycles. The standard InChI is InChI=1S/C15H23N3O2S/c1-4-5-10-12(21-17-16-10)13(20)18-6-11-14(2,3)7-15(11,8-18)9-19/h11,19H,4-9H2,1-3H3/t11-,15-/m1/s1. The topological polar surface area (TPSA) is 66.3 Å². The second kappa shape index (κ2) is 5.02. The molecule has 1 N–H and O–H groups in total. The van der Waals surface area contributed by atoms with E-state index >= 15 is 0 Å². The zero-order chi connectivity index (χ0) is 15.3. The number of hydrogen-bond acceptors (Lipinski definition) is 5. The molecule has 0 radical (unpaired) electrons.